The molecule has 5 unspecified atom stereocenters. The molecule has 0 saturated heterocycles. The molecule has 164 valence electrons. The van der Waals surface area contributed by atoms with E-state index in [2.05, 4.69) is 66.9 Å². The summed E-state index contributed by atoms with van der Waals surface area (Å²) in [5, 5.41) is 7.10. The van der Waals surface area contributed by atoms with E-state index in [1.54, 1.807) is 0 Å². The van der Waals surface area contributed by atoms with E-state index in [0.29, 0.717) is 24.3 Å². The van der Waals surface area contributed by atoms with Gasteiger partial charge in [0.25, 0.3) is 0 Å². The fourth-order valence-corrected chi connectivity index (χ4v) is 6.64. The lowest BCUT2D eigenvalue weighted by atomic mass is 9.60. The molecule has 5 rings (SSSR count). The molecular weight excluding hydrogens is 380 g/mol. The Labute approximate surface area is 187 Å². The van der Waals surface area contributed by atoms with Gasteiger partial charge in [-0.1, -0.05) is 56.0 Å². The predicted molar refractivity (Wildman–Crippen MR) is 128 cm³/mol. The van der Waals surface area contributed by atoms with Crippen LogP contribution in [0.15, 0.2) is 42.5 Å². The second-order valence-corrected chi connectivity index (χ2v) is 10.1. The molecule has 5 atom stereocenters. The van der Waals surface area contributed by atoms with Crippen molar-refractivity contribution in [3.8, 4) is 0 Å². The molecule has 2 saturated carbocycles. The Morgan fingerprint density at radius 3 is 2.71 bits per heavy atom. The highest BCUT2D eigenvalue weighted by molar-refractivity contribution is 5.91. The van der Waals surface area contributed by atoms with Crippen molar-refractivity contribution < 1.29 is 4.79 Å². The minimum atomic E-state index is 0.138. The third-order valence-electron chi connectivity index (χ3n) is 8.15. The molecule has 2 fully saturated rings. The van der Waals surface area contributed by atoms with Crippen molar-refractivity contribution in [2.45, 2.75) is 77.2 Å². The SMILES string of the molecule is CCCCC(=O)Nc1ccc2c(c1)C1CCC3CCCC3C1C(c1ccc(C)cc1)N2. The molecule has 0 aromatic heterocycles. The third-order valence-corrected chi connectivity index (χ3v) is 8.15. The monoisotopic (exact) mass is 416 g/mol. The van der Waals surface area contributed by atoms with E-state index in [9.17, 15) is 4.79 Å². The Balaban J connectivity index is 1.48. The number of nitrogens with one attached hydrogen (secondary N) is 2. The maximum Gasteiger partial charge on any atom is 0.224 e. The number of carbonyl (C=O) groups excluding carboxylic acids is 1. The topological polar surface area (TPSA) is 41.1 Å². The van der Waals surface area contributed by atoms with E-state index < -0.39 is 0 Å². The highest BCUT2D eigenvalue weighted by atomic mass is 16.1. The Morgan fingerprint density at radius 2 is 1.90 bits per heavy atom. The van der Waals surface area contributed by atoms with Gasteiger partial charge in [0.15, 0.2) is 0 Å². The molecule has 1 amide bonds. The second kappa shape index (κ2) is 8.68. The average molecular weight is 417 g/mol. The van der Waals surface area contributed by atoms with Crippen LogP contribution in [-0.4, -0.2) is 5.91 Å². The van der Waals surface area contributed by atoms with E-state index in [1.165, 1.54) is 54.5 Å². The summed E-state index contributed by atoms with van der Waals surface area (Å²) >= 11 is 0. The van der Waals surface area contributed by atoms with Crippen molar-refractivity contribution in [2.24, 2.45) is 17.8 Å². The fraction of sp³-hybridized carbons (Fsp3) is 0.536. The number of anilines is 2. The van der Waals surface area contributed by atoms with Crippen molar-refractivity contribution in [1.29, 1.82) is 0 Å². The first-order valence-corrected chi connectivity index (χ1v) is 12.4. The average Bonchev–Trinajstić information content (AvgIpc) is 3.27. The zero-order valence-electron chi connectivity index (χ0n) is 19.0. The number of fused-ring (bicyclic) bond motifs is 5. The second-order valence-electron chi connectivity index (χ2n) is 10.1. The largest absolute Gasteiger partial charge is 0.378 e. The molecule has 1 heterocycles. The molecule has 2 aliphatic carbocycles. The van der Waals surface area contributed by atoms with Crippen molar-refractivity contribution in [1.82, 2.24) is 0 Å². The van der Waals surface area contributed by atoms with E-state index in [-0.39, 0.29) is 5.91 Å². The summed E-state index contributed by atoms with van der Waals surface area (Å²) in [5.41, 5.74) is 6.39. The van der Waals surface area contributed by atoms with Crippen LogP contribution in [-0.2, 0) is 4.79 Å². The number of unbranched alkanes of at least 4 members (excludes halogenated alkanes) is 1. The molecule has 0 spiro atoms. The quantitative estimate of drug-likeness (QED) is 0.541. The first-order chi connectivity index (χ1) is 15.1. The van der Waals surface area contributed by atoms with E-state index in [4.69, 9.17) is 0 Å². The lowest BCUT2D eigenvalue weighted by molar-refractivity contribution is -0.116. The van der Waals surface area contributed by atoms with E-state index in [1.807, 2.05) is 0 Å². The number of hydrogen-bond acceptors (Lipinski definition) is 2. The van der Waals surface area contributed by atoms with Gasteiger partial charge < -0.3 is 10.6 Å². The van der Waals surface area contributed by atoms with Crippen LogP contribution in [0.25, 0.3) is 0 Å². The molecule has 2 aromatic carbocycles. The number of aryl methyl sites for hydroxylation is 1. The predicted octanol–water partition coefficient (Wildman–Crippen LogP) is 7.20. The molecular formula is C28H36N2O. The smallest absolute Gasteiger partial charge is 0.224 e. The molecule has 2 N–H and O–H groups in total. The summed E-state index contributed by atoms with van der Waals surface area (Å²) in [5.74, 6) is 3.07. The number of hydrogen-bond donors (Lipinski definition) is 2. The summed E-state index contributed by atoms with van der Waals surface area (Å²) in [6.07, 6.45) is 9.41. The highest BCUT2D eigenvalue weighted by Gasteiger charge is 2.48. The van der Waals surface area contributed by atoms with Crippen molar-refractivity contribution in [3.63, 3.8) is 0 Å². The first-order valence-electron chi connectivity index (χ1n) is 12.4. The molecule has 0 radical (unpaired) electrons. The third kappa shape index (κ3) is 4.00. The van der Waals surface area contributed by atoms with Crippen LogP contribution < -0.4 is 10.6 Å². The fourth-order valence-electron chi connectivity index (χ4n) is 6.64. The Bertz CT molecular complexity index is 935. The Morgan fingerprint density at radius 1 is 1.06 bits per heavy atom. The van der Waals surface area contributed by atoms with E-state index >= 15 is 0 Å². The first kappa shape index (κ1) is 20.6. The minimum Gasteiger partial charge on any atom is -0.378 e. The Hall–Kier alpha value is -2.29. The van der Waals surface area contributed by atoms with Gasteiger partial charge in [0.05, 0.1) is 6.04 Å². The van der Waals surface area contributed by atoms with Crippen molar-refractivity contribution in [3.05, 3.63) is 59.2 Å². The maximum absolute atomic E-state index is 12.3. The number of amides is 1. The van der Waals surface area contributed by atoms with Crippen LogP contribution in [0, 0.1) is 24.7 Å². The summed E-state index contributed by atoms with van der Waals surface area (Å²) < 4.78 is 0. The summed E-state index contributed by atoms with van der Waals surface area (Å²) in [7, 11) is 0. The van der Waals surface area contributed by atoms with Crippen LogP contribution in [0.5, 0.6) is 0 Å². The summed E-state index contributed by atoms with van der Waals surface area (Å²) in [6.45, 7) is 4.29. The van der Waals surface area contributed by atoms with Crippen molar-refractivity contribution in [2.75, 3.05) is 10.6 Å². The van der Waals surface area contributed by atoms with Gasteiger partial charge in [0.1, 0.15) is 0 Å². The van der Waals surface area contributed by atoms with Crippen LogP contribution >= 0.6 is 0 Å². The number of rotatable bonds is 5. The summed E-state index contributed by atoms with van der Waals surface area (Å²) in [4.78, 5) is 12.3. The van der Waals surface area contributed by atoms with Crippen LogP contribution in [0.2, 0.25) is 0 Å². The van der Waals surface area contributed by atoms with Gasteiger partial charge in [-0.05, 0) is 85.6 Å². The normalized spacial score (nSPS) is 28.8. The highest BCUT2D eigenvalue weighted by Crippen LogP contribution is 2.59. The van der Waals surface area contributed by atoms with Gasteiger partial charge in [-0.2, -0.15) is 0 Å². The van der Waals surface area contributed by atoms with Crippen LogP contribution in [0.4, 0.5) is 11.4 Å². The summed E-state index contributed by atoms with van der Waals surface area (Å²) in [6, 6.07) is 16.1. The molecule has 3 nitrogen and oxygen atoms in total. The van der Waals surface area contributed by atoms with Gasteiger partial charge in [-0.25, -0.2) is 0 Å². The number of benzene rings is 2. The molecule has 1 aliphatic heterocycles. The van der Waals surface area contributed by atoms with Gasteiger partial charge in [0.2, 0.25) is 5.91 Å². The zero-order valence-corrected chi connectivity index (χ0v) is 19.0. The van der Waals surface area contributed by atoms with Gasteiger partial charge in [-0.3, -0.25) is 4.79 Å². The molecule has 3 aliphatic rings. The number of carbonyl (C=O) groups is 1. The molecule has 0 bridgehead atoms. The van der Waals surface area contributed by atoms with Crippen LogP contribution in [0.3, 0.4) is 0 Å². The molecule has 3 heteroatoms. The Kier molecular flexibility index (Phi) is 5.77. The van der Waals surface area contributed by atoms with Gasteiger partial charge >= 0.3 is 0 Å². The maximum atomic E-state index is 12.3. The van der Waals surface area contributed by atoms with Gasteiger partial charge in [0, 0.05) is 17.8 Å². The molecule has 31 heavy (non-hydrogen) atoms. The minimum absolute atomic E-state index is 0.138. The van der Waals surface area contributed by atoms with E-state index in [0.717, 1.165) is 30.4 Å². The van der Waals surface area contributed by atoms with Gasteiger partial charge in [-0.15, -0.1) is 0 Å². The zero-order chi connectivity index (χ0) is 21.4. The van der Waals surface area contributed by atoms with Crippen molar-refractivity contribution >= 4 is 17.3 Å². The van der Waals surface area contributed by atoms with Crippen LogP contribution in [0.1, 0.15) is 86.9 Å². The standard InChI is InChI=1S/C28H36N2O/c1-3-4-8-26(31)29-21-14-16-25-24(17-21)23-15-13-19-6-5-7-22(19)27(23)28(30-25)20-11-9-18(2)10-12-20/h9-12,14,16-17,19,22-23,27-28,30H,3-8,13,15H2,1-2H3,(H,29,31). The molecule has 2 aromatic rings. The lowest BCUT2D eigenvalue weighted by Crippen LogP contribution is -2.41. The lowest BCUT2D eigenvalue weighted by Gasteiger charge is -2.49.